The molecule has 0 aliphatic carbocycles. The monoisotopic (exact) mass is 503 g/mol. The molecule has 0 N–H and O–H groups in total. The Labute approximate surface area is 217 Å². The Hall–Kier alpha value is -3.36. The van der Waals surface area contributed by atoms with Crippen molar-refractivity contribution in [1.82, 2.24) is 0 Å². The van der Waals surface area contributed by atoms with Crippen molar-refractivity contribution in [2.45, 2.75) is 63.9 Å². The molecule has 0 radical (unpaired) electrons. The van der Waals surface area contributed by atoms with Gasteiger partial charge in [-0.25, -0.2) is 0 Å². The van der Waals surface area contributed by atoms with E-state index in [9.17, 15) is 4.79 Å². The summed E-state index contributed by atoms with van der Waals surface area (Å²) in [6, 6.07) is 29.4. The Kier molecular flexibility index (Phi) is 9.57. The zero-order valence-electron chi connectivity index (χ0n) is 21.1. The Bertz CT molecular complexity index is 1110. The van der Waals surface area contributed by atoms with Gasteiger partial charge in [0, 0.05) is 0 Å². The van der Waals surface area contributed by atoms with E-state index in [0.29, 0.717) is 19.8 Å². The number of carbonyl (C=O) groups excluding carboxylic acids is 1. The van der Waals surface area contributed by atoms with Crippen LogP contribution in [0.2, 0.25) is 0 Å². The van der Waals surface area contributed by atoms with Crippen LogP contribution in [0.15, 0.2) is 96.2 Å². The fourth-order valence-electron chi connectivity index (χ4n) is 4.10. The second-order valence-corrected chi connectivity index (χ2v) is 9.24. The van der Waals surface area contributed by atoms with Crippen molar-refractivity contribution in [1.29, 1.82) is 0 Å². The SMILES string of the molecule is CC1(C)O[C@@H]([C@H](OCc2ccccc2)[C@H](/C=N/OCc2ccccc2)OCc2ccccc2)[C@@H](C=O)O1. The molecule has 7 nitrogen and oxygen atoms in total. The lowest BCUT2D eigenvalue weighted by atomic mass is 10.0. The van der Waals surface area contributed by atoms with Gasteiger partial charge in [0.15, 0.2) is 12.1 Å². The third kappa shape index (κ3) is 8.06. The third-order valence-electron chi connectivity index (χ3n) is 5.87. The highest BCUT2D eigenvalue weighted by Gasteiger charge is 2.48. The molecule has 1 saturated heterocycles. The second kappa shape index (κ2) is 13.3. The van der Waals surface area contributed by atoms with Gasteiger partial charge in [-0.1, -0.05) is 96.2 Å². The lowest BCUT2D eigenvalue weighted by molar-refractivity contribution is -0.171. The number of benzene rings is 3. The molecule has 4 rings (SSSR count). The van der Waals surface area contributed by atoms with Gasteiger partial charge >= 0.3 is 0 Å². The van der Waals surface area contributed by atoms with Crippen LogP contribution in [0.5, 0.6) is 0 Å². The molecule has 1 aliphatic heterocycles. The third-order valence-corrected chi connectivity index (χ3v) is 5.87. The van der Waals surface area contributed by atoms with Crippen LogP contribution in [0.4, 0.5) is 0 Å². The number of nitrogens with zero attached hydrogens (tertiary/aromatic N) is 1. The summed E-state index contributed by atoms with van der Waals surface area (Å²) in [5.74, 6) is -0.949. The van der Waals surface area contributed by atoms with Gasteiger partial charge in [0.1, 0.15) is 31.0 Å². The summed E-state index contributed by atoms with van der Waals surface area (Å²) in [7, 11) is 0. The van der Waals surface area contributed by atoms with Crippen molar-refractivity contribution in [3.63, 3.8) is 0 Å². The first-order chi connectivity index (χ1) is 18.0. The van der Waals surface area contributed by atoms with Gasteiger partial charge < -0.3 is 28.6 Å². The summed E-state index contributed by atoms with van der Waals surface area (Å²) in [5, 5.41) is 4.20. The first kappa shape index (κ1) is 26.7. The van der Waals surface area contributed by atoms with Crippen LogP contribution in [0.3, 0.4) is 0 Å². The maximum Gasteiger partial charge on any atom is 0.164 e. The molecule has 1 fully saturated rings. The summed E-state index contributed by atoms with van der Waals surface area (Å²) < 4.78 is 24.7. The maximum absolute atomic E-state index is 11.9. The molecule has 0 saturated carbocycles. The average molecular weight is 504 g/mol. The minimum absolute atomic E-state index is 0.293. The van der Waals surface area contributed by atoms with Crippen molar-refractivity contribution < 1.29 is 28.6 Å². The van der Waals surface area contributed by atoms with Gasteiger partial charge in [-0.3, -0.25) is 0 Å². The fourth-order valence-corrected chi connectivity index (χ4v) is 4.10. The molecule has 37 heavy (non-hydrogen) atoms. The first-order valence-corrected chi connectivity index (χ1v) is 12.4. The van der Waals surface area contributed by atoms with Gasteiger partial charge in [0.25, 0.3) is 0 Å². The molecule has 194 valence electrons. The van der Waals surface area contributed by atoms with Gasteiger partial charge in [-0.05, 0) is 30.5 Å². The molecule has 3 aromatic carbocycles. The number of oxime groups is 1. The van der Waals surface area contributed by atoms with Gasteiger partial charge in [-0.15, -0.1) is 0 Å². The van der Waals surface area contributed by atoms with Gasteiger partial charge in [0.05, 0.1) is 19.4 Å². The Morgan fingerprint density at radius 2 is 1.30 bits per heavy atom. The standard InChI is InChI=1S/C30H33NO6/c1-30(2)36-27(19-32)29(37-30)28(34-21-24-14-8-4-9-15-24)26(33-20-23-12-6-3-7-13-23)18-31-35-22-25-16-10-5-11-17-25/h3-19,26-29H,20-22H2,1-2H3/b31-18+/t26-,27+,28+,29+/m0/s1. The zero-order chi connectivity index (χ0) is 25.9. The number of ether oxygens (including phenoxy) is 4. The van der Waals surface area contributed by atoms with Crippen molar-refractivity contribution in [2.75, 3.05) is 0 Å². The summed E-state index contributed by atoms with van der Waals surface area (Å²) in [6.45, 7) is 4.46. The van der Waals surface area contributed by atoms with Crippen LogP contribution in [-0.4, -0.2) is 42.7 Å². The van der Waals surface area contributed by atoms with Crippen LogP contribution in [0.1, 0.15) is 30.5 Å². The average Bonchev–Trinajstić information content (AvgIpc) is 3.25. The van der Waals surface area contributed by atoms with E-state index < -0.39 is 30.2 Å². The highest BCUT2D eigenvalue weighted by Crippen LogP contribution is 2.32. The summed E-state index contributed by atoms with van der Waals surface area (Å²) in [5.41, 5.74) is 2.96. The zero-order valence-corrected chi connectivity index (χ0v) is 21.1. The number of aldehydes is 1. The van der Waals surface area contributed by atoms with E-state index in [-0.39, 0.29) is 0 Å². The molecule has 0 aromatic heterocycles. The van der Waals surface area contributed by atoms with E-state index in [1.165, 1.54) is 0 Å². The molecular formula is C30H33NO6. The molecule has 0 bridgehead atoms. The normalized spacial score (nSPS) is 20.5. The van der Waals surface area contributed by atoms with Crippen molar-refractivity contribution in [3.05, 3.63) is 108 Å². The van der Waals surface area contributed by atoms with Gasteiger partial charge in [-0.2, -0.15) is 0 Å². The minimum Gasteiger partial charge on any atom is -0.391 e. The fraction of sp³-hybridized carbons (Fsp3) is 0.333. The van der Waals surface area contributed by atoms with Crippen molar-refractivity contribution in [3.8, 4) is 0 Å². The van der Waals surface area contributed by atoms with Gasteiger partial charge in [0.2, 0.25) is 0 Å². The van der Waals surface area contributed by atoms with Crippen LogP contribution in [-0.2, 0) is 48.4 Å². The lowest BCUT2D eigenvalue weighted by Crippen LogP contribution is -2.47. The summed E-state index contributed by atoms with van der Waals surface area (Å²) >= 11 is 0. The largest absolute Gasteiger partial charge is 0.391 e. The number of carbonyl (C=O) groups is 1. The molecule has 0 spiro atoms. The predicted molar refractivity (Wildman–Crippen MR) is 140 cm³/mol. The van der Waals surface area contributed by atoms with E-state index in [2.05, 4.69) is 5.16 Å². The summed E-state index contributed by atoms with van der Waals surface area (Å²) in [4.78, 5) is 17.5. The molecule has 1 aliphatic rings. The highest BCUT2D eigenvalue weighted by molar-refractivity contribution is 5.65. The Morgan fingerprint density at radius 3 is 1.84 bits per heavy atom. The Morgan fingerprint density at radius 1 is 0.784 bits per heavy atom. The predicted octanol–water partition coefficient (Wildman–Crippen LogP) is 5.08. The molecule has 3 aromatic rings. The lowest BCUT2D eigenvalue weighted by Gasteiger charge is -2.30. The van der Waals surface area contributed by atoms with Crippen LogP contribution < -0.4 is 0 Å². The number of hydrogen-bond donors (Lipinski definition) is 0. The quantitative estimate of drug-likeness (QED) is 0.184. The summed E-state index contributed by atoms with van der Waals surface area (Å²) in [6.07, 6.45) is -0.613. The molecular weight excluding hydrogens is 470 g/mol. The molecule has 1 heterocycles. The number of rotatable bonds is 13. The Balaban J connectivity index is 1.56. The maximum atomic E-state index is 11.9. The van der Waals surface area contributed by atoms with Crippen LogP contribution in [0, 0.1) is 0 Å². The minimum atomic E-state index is -0.949. The van der Waals surface area contributed by atoms with E-state index >= 15 is 0 Å². The highest BCUT2D eigenvalue weighted by atomic mass is 16.8. The molecule has 0 unspecified atom stereocenters. The molecule has 0 amide bonds. The van der Waals surface area contributed by atoms with E-state index in [0.717, 1.165) is 23.0 Å². The van der Waals surface area contributed by atoms with Crippen molar-refractivity contribution in [2.24, 2.45) is 5.16 Å². The van der Waals surface area contributed by atoms with E-state index in [1.54, 1.807) is 20.1 Å². The first-order valence-electron chi connectivity index (χ1n) is 12.4. The molecule has 4 atom stereocenters. The van der Waals surface area contributed by atoms with E-state index in [4.69, 9.17) is 23.8 Å². The van der Waals surface area contributed by atoms with E-state index in [1.807, 2.05) is 91.0 Å². The van der Waals surface area contributed by atoms with Crippen molar-refractivity contribution >= 4 is 12.5 Å². The van der Waals surface area contributed by atoms with Crippen LogP contribution >= 0.6 is 0 Å². The van der Waals surface area contributed by atoms with Crippen LogP contribution in [0.25, 0.3) is 0 Å². The second-order valence-electron chi connectivity index (χ2n) is 9.24. The molecule has 7 heteroatoms. The smallest absolute Gasteiger partial charge is 0.164 e. The topological polar surface area (TPSA) is 75.6 Å². The number of hydrogen-bond acceptors (Lipinski definition) is 7.